The summed E-state index contributed by atoms with van der Waals surface area (Å²) in [6, 6.07) is 14.4. The number of hydrogen-bond acceptors (Lipinski definition) is 4. The predicted molar refractivity (Wildman–Crippen MR) is 90.6 cm³/mol. The molecule has 0 fully saturated rings. The first-order chi connectivity index (χ1) is 10.2. The van der Waals surface area contributed by atoms with E-state index in [2.05, 4.69) is 47.6 Å². The second-order valence-electron chi connectivity index (χ2n) is 5.22. The number of aliphatic hydroxyl groups is 1. The van der Waals surface area contributed by atoms with Gasteiger partial charge in [-0.05, 0) is 28.3 Å². The molecule has 0 radical (unpaired) electrons. The van der Waals surface area contributed by atoms with E-state index in [0.717, 1.165) is 12.1 Å². The smallest absolute Gasteiger partial charge is 0.108 e. The molecule has 1 atom stereocenters. The third-order valence-electron chi connectivity index (χ3n) is 3.89. The summed E-state index contributed by atoms with van der Waals surface area (Å²) in [4.78, 5) is 0. The number of hydrogen-bond donors (Lipinski definition) is 4. The Morgan fingerprint density at radius 2 is 2.00 bits per heavy atom. The van der Waals surface area contributed by atoms with Crippen LogP contribution in [-0.4, -0.2) is 11.1 Å². The Balaban J connectivity index is 2.07. The van der Waals surface area contributed by atoms with Gasteiger partial charge in [-0.15, -0.1) is 0 Å². The fourth-order valence-corrected chi connectivity index (χ4v) is 3.03. The monoisotopic (exact) mass is 298 g/mol. The molecule has 1 aliphatic rings. The zero-order chi connectivity index (χ0) is 14.8. The molecule has 0 saturated carbocycles. The van der Waals surface area contributed by atoms with Gasteiger partial charge >= 0.3 is 0 Å². The number of fused-ring (bicyclic) bond motifs is 1. The van der Waals surface area contributed by atoms with Crippen LogP contribution in [-0.2, 0) is 13.0 Å². The maximum absolute atomic E-state index is 9.65. The van der Waals surface area contributed by atoms with Gasteiger partial charge in [-0.25, -0.2) is 0 Å². The summed E-state index contributed by atoms with van der Waals surface area (Å²) in [5, 5.41) is 13.0. The fourth-order valence-electron chi connectivity index (χ4n) is 2.86. The highest BCUT2D eigenvalue weighted by Crippen LogP contribution is 2.37. The minimum atomic E-state index is -0.101. The third-order valence-corrected chi connectivity index (χ3v) is 4.05. The normalized spacial score (nSPS) is 16.3. The maximum Gasteiger partial charge on any atom is 0.108 e. The standard InChI is InChI=1S/C17H18N2OS/c1-11(20)17-9-15-14(7-4-8-16(15)19-17)13-6-3-2-5-12(13)10-18-21/h2-8,17-21H,1,9-10H2. The molecule has 1 heterocycles. The van der Waals surface area contributed by atoms with Crippen molar-refractivity contribution >= 4 is 18.5 Å². The van der Waals surface area contributed by atoms with E-state index in [1.165, 1.54) is 22.3 Å². The van der Waals surface area contributed by atoms with Crippen LogP contribution in [0.5, 0.6) is 0 Å². The molecule has 21 heavy (non-hydrogen) atoms. The molecule has 2 aromatic carbocycles. The Morgan fingerprint density at radius 1 is 1.24 bits per heavy atom. The van der Waals surface area contributed by atoms with E-state index in [1.807, 2.05) is 24.3 Å². The van der Waals surface area contributed by atoms with Crippen LogP contribution in [0.3, 0.4) is 0 Å². The van der Waals surface area contributed by atoms with Gasteiger partial charge in [-0.2, -0.15) is 0 Å². The topological polar surface area (TPSA) is 44.3 Å². The summed E-state index contributed by atoms with van der Waals surface area (Å²) in [7, 11) is 0. The molecule has 0 saturated heterocycles. The quantitative estimate of drug-likeness (QED) is 0.514. The summed E-state index contributed by atoms with van der Waals surface area (Å²) < 4.78 is 2.91. The SMILES string of the molecule is C=C(O)C1Cc2c(cccc2-c2ccccc2CNS)N1. The lowest BCUT2D eigenvalue weighted by Crippen LogP contribution is -2.17. The number of aliphatic hydroxyl groups excluding tert-OH is 1. The average Bonchev–Trinajstić information content (AvgIpc) is 2.92. The number of anilines is 1. The summed E-state index contributed by atoms with van der Waals surface area (Å²) >= 11 is 4.11. The second-order valence-corrected chi connectivity index (χ2v) is 5.53. The van der Waals surface area contributed by atoms with Gasteiger partial charge in [0.05, 0.1) is 6.04 Å². The largest absolute Gasteiger partial charge is 0.511 e. The minimum absolute atomic E-state index is 0.101. The van der Waals surface area contributed by atoms with E-state index in [-0.39, 0.29) is 11.8 Å². The summed E-state index contributed by atoms with van der Waals surface area (Å²) in [6.07, 6.45) is 0.753. The van der Waals surface area contributed by atoms with Gasteiger partial charge in [0.25, 0.3) is 0 Å². The molecular weight excluding hydrogens is 280 g/mol. The van der Waals surface area contributed by atoms with Crippen LogP contribution >= 0.6 is 12.8 Å². The van der Waals surface area contributed by atoms with Gasteiger partial charge in [0.1, 0.15) is 5.76 Å². The van der Waals surface area contributed by atoms with Gasteiger partial charge in [0.15, 0.2) is 0 Å². The summed E-state index contributed by atoms with van der Waals surface area (Å²) in [5.41, 5.74) is 5.89. The molecule has 0 amide bonds. The molecule has 0 bridgehead atoms. The van der Waals surface area contributed by atoms with Crippen LogP contribution < -0.4 is 10.0 Å². The van der Waals surface area contributed by atoms with E-state index < -0.39 is 0 Å². The summed E-state index contributed by atoms with van der Waals surface area (Å²) in [6.45, 7) is 4.34. The molecule has 108 valence electrons. The van der Waals surface area contributed by atoms with Crippen LogP contribution in [0.1, 0.15) is 11.1 Å². The van der Waals surface area contributed by atoms with Crippen LogP contribution in [0.15, 0.2) is 54.8 Å². The van der Waals surface area contributed by atoms with E-state index in [4.69, 9.17) is 0 Å². The second kappa shape index (κ2) is 5.84. The molecule has 0 aromatic heterocycles. The van der Waals surface area contributed by atoms with Crippen molar-refractivity contribution in [3.05, 3.63) is 65.9 Å². The zero-order valence-corrected chi connectivity index (χ0v) is 12.5. The van der Waals surface area contributed by atoms with Crippen LogP contribution in [0.2, 0.25) is 0 Å². The summed E-state index contributed by atoms with van der Waals surface area (Å²) in [5.74, 6) is 0.183. The van der Waals surface area contributed by atoms with E-state index >= 15 is 0 Å². The van der Waals surface area contributed by atoms with E-state index in [0.29, 0.717) is 6.54 Å². The van der Waals surface area contributed by atoms with Crippen LogP contribution in [0.25, 0.3) is 11.1 Å². The lowest BCUT2D eigenvalue weighted by Gasteiger charge is -2.12. The lowest BCUT2D eigenvalue weighted by molar-refractivity contribution is 0.380. The third kappa shape index (κ3) is 2.64. The Kier molecular flexibility index (Phi) is 3.90. The Morgan fingerprint density at radius 3 is 2.76 bits per heavy atom. The van der Waals surface area contributed by atoms with Crippen molar-refractivity contribution in [1.29, 1.82) is 0 Å². The Hall–Kier alpha value is -1.91. The van der Waals surface area contributed by atoms with Crippen molar-refractivity contribution in [2.75, 3.05) is 5.32 Å². The molecule has 1 aliphatic heterocycles. The molecular formula is C17H18N2OS. The molecule has 2 aromatic rings. The highest BCUT2D eigenvalue weighted by Gasteiger charge is 2.25. The molecule has 0 aliphatic carbocycles. The maximum atomic E-state index is 9.65. The Bertz CT molecular complexity index is 684. The van der Waals surface area contributed by atoms with Crippen molar-refractivity contribution in [1.82, 2.24) is 4.72 Å². The highest BCUT2D eigenvalue weighted by atomic mass is 32.1. The molecule has 3 N–H and O–H groups in total. The van der Waals surface area contributed by atoms with E-state index in [9.17, 15) is 5.11 Å². The Labute approximate surface area is 130 Å². The minimum Gasteiger partial charge on any atom is -0.511 e. The molecule has 4 heteroatoms. The predicted octanol–water partition coefficient (Wildman–Crippen LogP) is 3.70. The molecule has 0 spiro atoms. The molecule has 1 unspecified atom stereocenters. The highest BCUT2D eigenvalue weighted by molar-refractivity contribution is 7.78. The van der Waals surface area contributed by atoms with Crippen molar-refractivity contribution in [3.63, 3.8) is 0 Å². The van der Waals surface area contributed by atoms with Crippen LogP contribution in [0.4, 0.5) is 5.69 Å². The molecule has 3 rings (SSSR count). The van der Waals surface area contributed by atoms with Crippen molar-refractivity contribution in [2.45, 2.75) is 19.0 Å². The number of rotatable bonds is 4. The average molecular weight is 298 g/mol. The fraction of sp³-hybridized carbons (Fsp3) is 0.176. The van der Waals surface area contributed by atoms with Crippen molar-refractivity contribution < 1.29 is 5.11 Å². The molecule has 3 nitrogen and oxygen atoms in total. The first-order valence-corrected chi connectivity index (χ1v) is 7.37. The number of nitrogens with one attached hydrogen (secondary N) is 2. The van der Waals surface area contributed by atoms with Gasteiger partial charge in [0.2, 0.25) is 0 Å². The lowest BCUT2D eigenvalue weighted by atomic mass is 9.93. The van der Waals surface area contributed by atoms with Gasteiger partial charge in [-0.3, -0.25) is 4.72 Å². The van der Waals surface area contributed by atoms with Gasteiger partial charge in [0, 0.05) is 18.7 Å². The number of thiol groups is 1. The van der Waals surface area contributed by atoms with Gasteiger partial charge in [-0.1, -0.05) is 55.8 Å². The zero-order valence-electron chi connectivity index (χ0n) is 11.6. The van der Waals surface area contributed by atoms with Crippen molar-refractivity contribution in [2.24, 2.45) is 0 Å². The van der Waals surface area contributed by atoms with E-state index in [1.54, 1.807) is 0 Å². The first-order valence-electron chi connectivity index (χ1n) is 6.92. The van der Waals surface area contributed by atoms with Crippen molar-refractivity contribution in [3.8, 4) is 11.1 Å². The van der Waals surface area contributed by atoms with Gasteiger partial charge < -0.3 is 10.4 Å². The number of benzene rings is 2. The first kappa shape index (κ1) is 14.0. The van der Waals surface area contributed by atoms with Crippen LogP contribution in [0, 0.1) is 0 Å².